The van der Waals surface area contributed by atoms with Crippen LogP contribution in [-0.2, 0) is 9.53 Å². The first kappa shape index (κ1) is 11.6. The van der Waals surface area contributed by atoms with Crippen LogP contribution in [0.2, 0.25) is 0 Å². The minimum absolute atomic E-state index is 0.220. The summed E-state index contributed by atoms with van der Waals surface area (Å²) in [5.74, 6) is -0.393. The van der Waals surface area contributed by atoms with Gasteiger partial charge >= 0.3 is 11.8 Å². The maximum atomic E-state index is 11.4. The quantitative estimate of drug-likeness (QED) is 0.450. The van der Waals surface area contributed by atoms with Crippen LogP contribution < -0.4 is 0 Å². The molecular formula is C10H13N3O4. The van der Waals surface area contributed by atoms with Crippen LogP contribution >= 0.6 is 0 Å². The van der Waals surface area contributed by atoms with Gasteiger partial charge in [-0.1, -0.05) is 0 Å². The molecule has 0 amide bonds. The Bertz CT molecular complexity index is 464. The molecule has 1 aromatic heterocycles. The Morgan fingerprint density at radius 1 is 1.71 bits per heavy atom. The van der Waals surface area contributed by atoms with Gasteiger partial charge in [-0.3, -0.25) is 0 Å². The monoisotopic (exact) mass is 239 g/mol. The molecule has 7 nitrogen and oxygen atoms in total. The number of nitrogens with zero attached hydrogens (tertiary/aromatic N) is 3. The van der Waals surface area contributed by atoms with Crippen LogP contribution in [0.4, 0.5) is 5.82 Å². The third-order valence-electron chi connectivity index (χ3n) is 2.84. The zero-order chi connectivity index (χ0) is 12.6. The summed E-state index contributed by atoms with van der Waals surface area (Å²) in [6.07, 6.45) is 1.97. The fourth-order valence-corrected chi connectivity index (χ4v) is 1.75. The van der Waals surface area contributed by atoms with Gasteiger partial charge in [-0.15, -0.1) is 0 Å². The van der Waals surface area contributed by atoms with E-state index in [0.29, 0.717) is 0 Å². The molecule has 17 heavy (non-hydrogen) atoms. The molecule has 1 saturated carbocycles. The molecule has 1 aliphatic carbocycles. The van der Waals surface area contributed by atoms with Crippen molar-refractivity contribution >= 4 is 11.8 Å². The summed E-state index contributed by atoms with van der Waals surface area (Å²) in [6, 6.07) is 0.807. The number of methoxy groups -OCH3 is 1. The van der Waals surface area contributed by atoms with Crippen LogP contribution in [0.15, 0.2) is 6.07 Å². The largest absolute Gasteiger partial charge is 0.467 e. The molecular weight excluding hydrogens is 226 g/mol. The zero-order valence-corrected chi connectivity index (χ0v) is 9.62. The first-order valence-corrected chi connectivity index (χ1v) is 5.36. The zero-order valence-electron chi connectivity index (χ0n) is 9.62. The lowest BCUT2D eigenvalue weighted by molar-refractivity contribution is -0.389. The van der Waals surface area contributed by atoms with E-state index in [1.165, 1.54) is 17.9 Å². The van der Waals surface area contributed by atoms with E-state index in [1.54, 1.807) is 6.92 Å². The highest BCUT2D eigenvalue weighted by atomic mass is 16.6. The molecule has 0 radical (unpaired) electrons. The molecule has 1 aliphatic rings. The second-order valence-corrected chi connectivity index (χ2v) is 4.10. The van der Waals surface area contributed by atoms with Gasteiger partial charge in [0.25, 0.3) is 0 Å². The van der Waals surface area contributed by atoms with E-state index in [-0.39, 0.29) is 11.7 Å². The normalized spacial score (nSPS) is 16.6. The molecule has 0 saturated heterocycles. The van der Waals surface area contributed by atoms with Gasteiger partial charge in [-0.05, 0) is 24.7 Å². The number of carbonyl (C=O) groups is 1. The first-order chi connectivity index (χ1) is 8.04. The van der Waals surface area contributed by atoms with E-state index < -0.39 is 16.9 Å². The lowest BCUT2D eigenvalue weighted by atomic mass is 10.2. The Kier molecular flexibility index (Phi) is 2.83. The van der Waals surface area contributed by atoms with E-state index in [2.05, 4.69) is 9.84 Å². The van der Waals surface area contributed by atoms with Crippen LogP contribution in [0.3, 0.4) is 0 Å². The van der Waals surface area contributed by atoms with Gasteiger partial charge < -0.3 is 14.9 Å². The SMILES string of the molecule is COC(=O)C(C)n1nc([N+](=O)[O-])cc1C1CC1. The maximum Gasteiger partial charge on any atom is 0.390 e. The van der Waals surface area contributed by atoms with E-state index in [1.807, 2.05) is 0 Å². The molecule has 1 unspecified atom stereocenters. The number of esters is 1. The minimum atomic E-state index is -0.635. The van der Waals surface area contributed by atoms with Gasteiger partial charge in [-0.2, -0.15) is 4.68 Å². The minimum Gasteiger partial charge on any atom is -0.467 e. The molecule has 1 fully saturated rings. The van der Waals surface area contributed by atoms with E-state index >= 15 is 0 Å². The molecule has 1 atom stereocenters. The molecule has 1 heterocycles. The third-order valence-corrected chi connectivity index (χ3v) is 2.84. The van der Waals surface area contributed by atoms with Gasteiger partial charge in [0.1, 0.15) is 0 Å². The summed E-state index contributed by atoms with van der Waals surface area (Å²) in [4.78, 5) is 21.6. The Morgan fingerprint density at radius 2 is 2.35 bits per heavy atom. The van der Waals surface area contributed by atoms with Crippen molar-refractivity contribution in [2.75, 3.05) is 7.11 Å². The summed E-state index contributed by atoms with van der Waals surface area (Å²) in [6.45, 7) is 1.62. The maximum absolute atomic E-state index is 11.4. The van der Waals surface area contributed by atoms with Gasteiger partial charge in [0, 0.05) is 5.92 Å². The first-order valence-electron chi connectivity index (χ1n) is 5.36. The molecule has 0 aromatic carbocycles. The summed E-state index contributed by atoms with van der Waals surface area (Å²) in [7, 11) is 1.29. The van der Waals surface area contributed by atoms with Crippen LogP contribution in [-0.4, -0.2) is 27.8 Å². The van der Waals surface area contributed by atoms with Gasteiger partial charge in [0.05, 0.1) is 24.0 Å². The van der Waals surface area contributed by atoms with Gasteiger partial charge in [0.2, 0.25) is 0 Å². The smallest absolute Gasteiger partial charge is 0.390 e. The lowest BCUT2D eigenvalue weighted by Crippen LogP contribution is -2.20. The average Bonchev–Trinajstić information content (AvgIpc) is 3.05. The molecule has 7 heteroatoms. The van der Waals surface area contributed by atoms with E-state index in [4.69, 9.17) is 0 Å². The van der Waals surface area contributed by atoms with Crippen molar-refractivity contribution in [3.63, 3.8) is 0 Å². The molecule has 0 N–H and O–H groups in total. The molecule has 92 valence electrons. The molecule has 0 bridgehead atoms. The fraction of sp³-hybridized carbons (Fsp3) is 0.600. The van der Waals surface area contributed by atoms with Gasteiger partial charge in [-0.25, -0.2) is 4.79 Å². The Balaban J connectivity index is 2.36. The lowest BCUT2D eigenvalue weighted by Gasteiger charge is -2.08. The van der Waals surface area contributed by atoms with Crippen molar-refractivity contribution in [3.8, 4) is 0 Å². The highest BCUT2D eigenvalue weighted by molar-refractivity contribution is 5.73. The number of nitro groups is 1. The van der Waals surface area contributed by atoms with Crippen LogP contribution in [0, 0.1) is 10.1 Å². The molecule has 2 rings (SSSR count). The Morgan fingerprint density at radius 3 is 2.82 bits per heavy atom. The highest BCUT2D eigenvalue weighted by Gasteiger charge is 2.35. The van der Waals surface area contributed by atoms with E-state index in [9.17, 15) is 14.9 Å². The van der Waals surface area contributed by atoms with Crippen molar-refractivity contribution in [2.45, 2.75) is 31.7 Å². The predicted octanol–water partition coefficient (Wildman–Crippen LogP) is 1.40. The van der Waals surface area contributed by atoms with Crippen molar-refractivity contribution in [2.24, 2.45) is 0 Å². The highest BCUT2D eigenvalue weighted by Crippen LogP contribution is 2.42. The van der Waals surface area contributed by atoms with Crippen LogP contribution in [0.25, 0.3) is 0 Å². The second kappa shape index (κ2) is 4.15. The third kappa shape index (κ3) is 2.13. The summed E-state index contributed by atoms with van der Waals surface area (Å²) in [5, 5.41) is 14.5. The molecule has 0 spiro atoms. The molecule has 1 aromatic rings. The summed E-state index contributed by atoms with van der Waals surface area (Å²) in [5.41, 5.74) is 0.745. The number of aromatic nitrogens is 2. The summed E-state index contributed by atoms with van der Waals surface area (Å²) >= 11 is 0. The van der Waals surface area contributed by atoms with Crippen LogP contribution in [0.1, 0.15) is 37.4 Å². The van der Waals surface area contributed by atoms with Crippen molar-refractivity contribution in [3.05, 3.63) is 21.9 Å². The number of hydrogen-bond acceptors (Lipinski definition) is 5. The number of ether oxygens (including phenoxy) is 1. The molecule has 0 aliphatic heterocycles. The van der Waals surface area contributed by atoms with Crippen LogP contribution in [0.5, 0.6) is 0 Å². The van der Waals surface area contributed by atoms with Crippen molar-refractivity contribution < 1.29 is 14.5 Å². The Hall–Kier alpha value is -1.92. The number of hydrogen-bond donors (Lipinski definition) is 0. The standard InChI is InChI=1S/C10H13N3O4/c1-6(10(14)17-2)12-8(7-3-4-7)5-9(11-12)13(15)16/h5-7H,3-4H2,1-2H3. The van der Waals surface area contributed by atoms with Gasteiger partial charge in [0.15, 0.2) is 6.04 Å². The summed E-state index contributed by atoms with van der Waals surface area (Å²) < 4.78 is 6.03. The average molecular weight is 239 g/mol. The topological polar surface area (TPSA) is 87.3 Å². The van der Waals surface area contributed by atoms with E-state index in [0.717, 1.165) is 18.5 Å². The second-order valence-electron chi connectivity index (χ2n) is 4.10. The predicted molar refractivity (Wildman–Crippen MR) is 57.6 cm³/mol. The van der Waals surface area contributed by atoms with Crippen molar-refractivity contribution in [1.82, 2.24) is 9.78 Å². The van der Waals surface area contributed by atoms with Crippen molar-refractivity contribution in [1.29, 1.82) is 0 Å². The fourth-order valence-electron chi connectivity index (χ4n) is 1.75. The number of carbonyl (C=O) groups excluding carboxylic acids is 1. The number of rotatable bonds is 4. The Labute approximate surface area is 97.5 Å².